The van der Waals surface area contributed by atoms with Crippen molar-refractivity contribution in [3.63, 3.8) is 0 Å². The minimum Gasteiger partial charge on any atom is -0.469 e. The number of alkyl halides is 3. The molecule has 0 spiro atoms. The number of ether oxygens (including phenoxy) is 2. The molecule has 35 heavy (non-hydrogen) atoms. The van der Waals surface area contributed by atoms with Crippen molar-refractivity contribution in [1.29, 1.82) is 0 Å². The van der Waals surface area contributed by atoms with Crippen molar-refractivity contribution in [2.24, 2.45) is 0 Å². The van der Waals surface area contributed by atoms with Crippen LogP contribution in [0.5, 0.6) is 5.75 Å². The largest absolute Gasteiger partial charge is 0.573 e. The molecule has 11 heteroatoms. The van der Waals surface area contributed by atoms with Crippen molar-refractivity contribution in [3.8, 4) is 5.75 Å². The van der Waals surface area contributed by atoms with Crippen molar-refractivity contribution in [3.05, 3.63) is 59.2 Å². The second-order valence-corrected chi connectivity index (χ2v) is 10.6. The second-order valence-electron chi connectivity index (χ2n) is 8.76. The number of benzene rings is 2. The predicted molar refractivity (Wildman–Crippen MR) is 123 cm³/mol. The molecule has 0 aliphatic carbocycles. The number of methoxy groups -OCH3 is 1. The SMILES string of the molecule is COC(=O)Cc1cc(S(=O)(=O)N2[C@H](C)CN(Cc3ccc(OC(F)(F)F)cc3)C[C@@H]2C)ccc1C. The molecule has 1 fully saturated rings. The number of hydrogen-bond acceptors (Lipinski definition) is 6. The maximum Gasteiger partial charge on any atom is 0.573 e. The summed E-state index contributed by atoms with van der Waals surface area (Å²) in [5.41, 5.74) is 2.18. The Bertz CT molecular complexity index is 1140. The normalized spacial score (nSPS) is 20.0. The van der Waals surface area contributed by atoms with Crippen LogP contribution >= 0.6 is 0 Å². The average Bonchev–Trinajstić information content (AvgIpc) is 2.74. The van der Waals surface area contributed by atoms with Crippen molar-refractivity contribution >= 4 is 16.0 Å². The minimum absolute atomic E-state index is 0.0165. The highest BCUT2D eigenvalue weighted by Crippen LogP contribution is 2.28. The second kappa shape index (κ2) is 10.5. The number of carbonyl (C=O) groups excluding carboxylic acids is 1. The summed E-state index contributed by atoms with van der Waals surface area (Å²) in [6, 6.07) is 9.72. The molecule has 0 N–H and O–H groups in total. The van der Waals surface area contributed by atoms with Gasteiger partial charge in [-0.2, -0.15) is 4.31 Å². The average molecular weight is 515 g/mol. The lowest BCUT2D eigenvalue weighted by Gasteiger charge is -2.43. The van der Waals surface area contributed by atoms with Gasteiger partial charge in [-0.3, -0.25) is 9.69 Å². The van der Waals surface area contributed by atoms with Gasteiger partial charge in [0.15, 0.2) is 0 Å². The highest BCUT2D eigenvalue weighted by Gasteiger charge is 2.38. The van der Waals surface area contributed by atoms with E-state index in [-0.39, 0.29) is 29.1 Å². The van der Waals surface area contributed by atoms with E-state index >= 15 is 0 Å². The lowest BCUT2D eigenvalue weighted by Crippen LogP contribution is -2.58. The van der Waals surface area contributed by atoms with Crippen LogP contribution in [0.1, 0.15) is 30.5 Å². The predicted octanol–water partition coefficient (Wildman–Crippen LogP) is 3.89. The molecule has 1 heterocycles. The van der Waals surface area contributed by atoms with Crippen LogP contribution in [0.4, 0.5) is 13.2 Å². The van der Waals surface area contributed by atoms with E-state index in [1.165, 1.54) is 29.6 Å². The fraction of sp³-hybridized carbons (Fsp3) is 0.458. The number of aryl methyl sites for hydroxylation is 1. The van der Waals surface area contributed by atoms with E-state index in [0.717, 1.165) is 11.1 Å². The maximum atomic E-state index is 13.5. The van der Waals surface area contributed by atoms with Crippen molar-refractivity contribution in [2.45, 2.75) is 57.1 Å². The molecular formula is C24H29F3N2O5S. The van der Waals surface area contributed by atoms with Gasteiger partial charge >= 0.3 is 12.3 Å². The number of carbonyl (C=O) groups is 1. The van der Waals surface area contributed by atoms with E-state index < -0.39 is 22.4 Å². The van der Waals surface area contributed by atoms with Gasteiger partial charge in [0, 0.05) is 31.7 Å². The van der Waals surface area contributed by atoms with Crippen LogP contribution in [0.25, 0.3) is 0 Å². The Morgan fingerprint density at radius 2 is 1.66 bits per heavy atom. The molecule has 2 atom stereocenters. The number of hydrogen-bond donors (Lipinski definition) is 0. The number of piperazine rings is 1. The van der Waals surface area contributed by atoms with E-state index in [4.69, 9.17) is 4.74 Å². The van der Waals surface area contributed by atoms with Crippen molar-refractivity contribution in [2.75, 3.05) is 20.2 Å². The van der Waals surface area contributed by atoms with Gasteiger partial charge < -0.3 is 9.47 Å². The topological polar surface area (TPSA) is 76.2 Å². The number of nitrogens with zero attached hydrogens (tertiary/aromatic N) is 2. The molecular weight excluding hydrogens is 485 g/mol. The molecule has 0 saturated carbocycles. The molecule has 1 saturated heterocycles. The standard InChI is InChI=1S/C24H29F3N2O5S/c1-16-5-10-22(11-20(16)12-23(30)33-4)35(31,32)29-17(2)13-28(14-18(29)3)15-19-6-8-21(9-7-19)34-24(25,26)27/h5-11,17-18H,12-15H2,1-4H3/t17-,18+. The Morgan fingerprint density at radius 1 is 1.06 bits per heavy atom. The summed E-state index contributed by atoms with van der Waals surface area (Å²) >= 11 is 0. The van der Waals surface area contributed by atoms with E-state index in [2.05, 4.69) is 9.64 Å². The van der Waals surface area contributed by atoms with Gasteiger partial charge in [-0.05, 0) is 61.7 Å². The van der Waals surface area contributed by atoms with Crippen LogP contribution in [0.15, 0.2) is 47.4 Å². The molecule has 7 nitrogen and oxygen atoms in total. The first-order valence-electron chi connectivity index (χ1n) is 11.1. The van der Waals surface area contributed by atoms with Crippen molar-refractivity contribution < 1.29 is 35.9 Å². The molecule has 1 aliphatic rings. The molecule has 0 bridgehead atoms. The summed E-state index contributed by atoms with van der Waals surface area (Å²) in [5, 5.41) is 0. The number of sulfonamides is 1. The third kappa shape index (κ3) is 6.74. The Labute approximate surface area is 203 Å². The summed E-state index contributed by atoms with van der Waals surface area (Å²) < 4.78 is 74.3. The minimum atomic E-state index is -4.74. The number of halogens is 3. The molecule has 0 amide bonds. The van der Waals surface area contributed by atoms with Gasteiger partial charge in [0.05, 0.1) is 18.4 Å². The molecule has 3 rings (SSSR count). The zero-order valence-electron chi connectivity index (χ0n) is 20.0. The number of rotatable bonds is 7. The third-order valence-corrected chi connectivity index (χ3v) is 8.06. The zero-order chi connectivity index (χ0) is 26.0. The Hall–Kier alpha value is -2.63. The van der Waals surface area contributed by atoms with Crippen LogP contribution in [0, 0.1) is 6.92 Å². The van der Waals surface area contributed by atoms with E-state index in [1.54, 1.807) is 31.2 Å². The molecule has 2 aromatic rings. The molecule has 0 unspecified atom stereocenters. The van der Waals surface area contributed by atoms with Gasteiger partial charge in [0.2, 0.25) is 10.0 Å². The summed E-state index contributed by atoms with van der Waals surface area (Å²) in [5.74, 6) is -0.737. The van der Waals surface area contributed by atoms with Gasteiger partial charge in [-0.1, -0.05) is 18.2 Å². The summed E-state index contributed by atoms with van der Waals surface area (Å²) in [4.78, 5) is 13.9. The van der Waals surface area contributed by atoms with Crippen LogP contribution in [0.3, 0.4) is 0 Å². The molecule has 2 aromatic carbocycles. The molecule has 1 aliphatic heterocycles. The smallest absolute Gasteiger partial charge is 0.469 e. The Morgan fingerprint density at radius 3 is 2.20 bits per heavy atom. The summed E-state index contributed by atoms with van der Waals surface area (Å²) in [6.45, 7) is 6.81. The van der Waals surface area contributed by atoms with Gasteiger partial charge in [-0.15, -0.1) is 13.2 Å². The van der Waals surface area contributed by atoms with Crippen molar-refractivity contribution in [1.82, 2.24) is 9.21 Å². The fourth-order valence-corrected chi connectivity index (χ4v) is 6.28. The van der Waals surface area contributed by atoms with Gasteiger partial charge in [0.1, 0.15) is 5.75 Å². The van der Waals surface area contributed by atoms with Gasteiger partial charge in [-0.25, -0.2) is 8.42 Å². The number of esters is 1. The third-order valence-electron chi connectivity index (χ3n) is 5.94. The lowest BCUT2D eigenvalue weighted by molar-refractivity contribution is -0.274. The van der Waals surface area contributed by atoms with E-state index in [9.17, 15) is 26.4 Å². The van der Waals surface area contributed by atoms with Crippen LogP contribution in [-0.4, -0.2) is 62.2 Å². The van der Waals surface area contributed by atoms with E-state index in [1.807, 2.05) is 13.8 Å². The Kier molecular flexibility index (Phi) is 8.13. The highest BCUT2D eigenvalue weighted by atomic mass is 32.2. The summed E-state index contributed by atoms with van der Waals surface area (Å²) in [7, 11) is -2.55. The lowest BCUT2D eigenvalue weighted by atomic mass is 10.1. The van der Waals surface area contributed by atoms with Crippen LogP contribution in [0.2, 0.25) is 0 Å². The fourth-order valence-electron chi connectivity index (χ4n) is 4.42. The summed E-state index contributed by atoms with van der Waals surface area (Å²) in [6.07, 6.45) is -4.76. The van der Waals surface area contributed by atoms with Crippen LogP contribution < -0.4 is 4.74 Å². The molecule has 192 valence electrons. The quantitative estimate of drug-likeness (QED) is 0.522. The zero-order valence-corrected chi connectivity index (χ0v) is 20.8. The first-order chi connectivity index (χ1) is 16.3. The first-order valence-corrected chi connectivity index (χ1v) is 12.5. The molecule has 0 aromatic heterocycles. The highest BCUT2D eigenvalue weighted by molar-refractivity contribution is 7.89. The van der Waals surface area contributed by atoms with Crippen LogP contribution in [-0.2, 0) is 32.5 Å². The maximum absolute atomic E-state index is 13.5. The Balaban J connectivity index is 1.72. The van der Waals surface area contributed by atoms with E-state index in [0.29, 0.717) is 25.2 Å². The van der Waals surface area contributed by atoms with Gasteiger partial charge in [0.25, 0.3) is 0 Å². The first kappa shape index (κ1) is 27.0. The monoisotopic (exact) mass is 514 g/mol. The molecule has 0 radical (unpaired) electrons.